The number of nitrogens with one attached hydrogen (secondary N) is 1. The molecule has 0 saturated heterocycles. The van der Waals surface area contributed by atoms with E-state index in [4.69, 9.17) is 4.74 Å². The molecule has 0 amide bonds. The summed E-state index contributed by atoms with van der Waals surface area (Å²) in [7, 11) is 0. The fourth-order valence-electron chi connectivity index (χ4n) is 1.21. The van der Waals surface area contributed by atoms with Gasteiger partial charge in [-0.05, 0) is 6.92 Å². The highest BCUT2D eigenvalue weighted by Crippen LogP contribution is 2.26. The second-order valence-electron chi connectivity index (χ2n) is 3.07. The molecular formula is C8H7F3N4O2. The van der Waals surface area contributed by atoms with Gasteiger partial charge in [0.2, 0.25) is 0 Å². The quantitative estimate of drug-likeness (QED) is 0.854. The highest BCUT2D eigenvalue weighted by molar-refractivity contribution is 5.30. The Morgan fingerprint density at radius 2 is 2.18 bits per heavy atom. The highest BCUT2D eigenvalue weighted by Gasteiger charge is 2.33. The number of nitrogens with zero attached hydrogens (tertiary/aromatic N) is 3. The van der Waals surface area contributed by atoms with Crippen molar-refractivity contribution in [2.75, 3.05) is 6.61 Å². The van der Waals surface area contributed by atoms with Gasteiger partial charge in [0.15, 0.2) is 5.69 Å². The molecule has 17 heavy (non-hydrogen) atoms. The van der Waals surface area contributed by atoms with Crippen molar-refractivity contribution in [3.8, 4) is 6.01 Å². The van der Waals surface area contributed by atoms with Crippen LogP contribution in [0.5, 0.6) is 6.01 Å². The average Bonchev–Trinajstić information content (AvgIpc) is 2.60. The number of hydrogen-bond donors (Lipinski definition) is 1. The lowest BCUT2D eigenvalue weighted by Gasteiger charge is -2.03. The maximum Gasteiger partial charge on any atom is 0.433 e. The topological polar surface area (TPSA) is 72.3 Å². The minimum atomic E-state index is -4.68. The van der Waals surface area contributed by atoms with Crippen molar-refractivity contribution in [1.29, 1.82) is 0 Å². The van der Waals surface area contributed by atoms with Crippen LogP contribution in [0.1, 0.15) is 12.6 Å². The minimum absolute atomic E-state index is 0.0589. The van der Waals surface area contributed by atoms with E-state index >= 15 is 0 Å². The van der Waals surface area contributed by atoms with Gasteiger partial charge in [0, 0.05) is 6.07 Å². The summed E-state index contributed by atoms with van der Waals surface area (Å²) in [6, 6.07) is 0.331. The van der Waals surface area contributed by atoms with E-state index in [-0.39, 0.29) is 18.4 Å². The van der Waals surface area contributed by atoms with Gasteiger partial charge in [-0.25, -0.2) is 10.1 Å². The fraction of sp³-hybridized carbons (Fsp3) is 0.375. The molecule has 6 nitrogen and oxygen atoms in total. The molecule has 0 aliphatic heterocycles. The Morgan fingerprint density at radius 3 is 2.76 bits per heavy atom. The van der Waals surface area contributed by atoms with Crippen LogP contribution in [0.4, 0.5) is 13.2 Å². The molecule has 2 rings (SSSR count). The maximum atomic E-state index is 12.4. The molecule has 0 unspecified atom stereocenters. The molecule has 0 aliphatic carbocycles. The third kappa shape index (κ3) is 2.08. The fourth-order valence-corrected chi connectivity index (χ4v) is 1.21. The monoisotopic (exact) mass is 248 g/mol. The second-order valence-corrected chi connectivity index (χ2v) is 3.07. The Hall–Kier alpha value is -2.06. The molecule has 0 fully saturated rings. The van der Waals surface area contributed by atoms with E-state index in [0.29, 0.717) is 6.07 Å². The number of aromatic nitrogens is 4. The third-order valence-electron chi connectivity index (χ3n) is 1.88. The lowest BCUT2D eigenvalue weighted by molar-refractivity contribution is -0.141. The van der Waals surface area contributed by atoms with Gasteiger partial charge < -0.3 is 4.74 Å². The van der Waals surface area contributed by atoms with Gasteiger partial charge in [-0.2, -0.15) is 22.7 Å². The van der Waals surface area contributed by atoms with Gasteiger partial charge in [0.05, 0.1) is 6.61 Å². The Kier molecular flexibility index (Phi) is 2.52. The van der Waals surface area contributed by atoms with Gasteiger partial charge in [-0.1, -0.05) is 0 Å². The van der Waals surface area contributed by atoms with Crippen LogP contribution in [0.25, 0.3) is 5.78 Å². The first-order chi connectivity index (χ1) is 7.91. The zero-order valence-corrected chi connectivity index (χ0v) is 8.58. The van der Waals surface area contributed by atoms with Crippen LogP contribution < -0.4 is 10.3 Å². The number of rotatable bonds is 2. The van der Waals surface area contributed by atoms with Crippen LogP contribution in [0.3, 0.4) is 0 Å². The highest BCUT2D eigenvalue weighted by atomic mass is 19.4. The van der Waals surface area contributed by atoms with Crippen molar-refractivity contribution in [1.82, 2.24) is 19.6 Å². The third-order valence-corrected chi connectivity index (χ3v) is 1.88. The van der Waals surface area contributed by atoms with Crippen LogP contribution in [-0.4, -0.2) is 26.2 Å². The van der Waals surface area contributed by atoms with Crippen LogP contribution in [0.15, 0.2) is 10.9 Å². The lowest BCUT2D eigenvalue weighted by Crippen LogP contribution is -2.20. The van der Waals surface area contributed by atoms with Gasteiger partial charge in [0.25, 0.3) is 11.3 Å². The normalized spacial score (nSPS) is 12.0. The molecule has 0 saturated carbocycles. The van der Waals surface area contributed by atoms with Gasteiger partial charge in [-0.3, -0.25) is 4.79 Å². The maximum absolute atomic E-state index is 12.4. The Balaban J connectivity index is 2.61. The van der Waals surface area contributed by atoms with E-state index in [9.17, 15) is 18.0 Å². The summed E-state index contributed by atoms with van der Waals surface area (Å²) in [5, 5.41) is 2.38. The molecule has 0 aliphatic rings. The van der Waals surface area contributed by atoms with E-state index in [2.05, 4.69) is 15.1 Å². The number of H-pyrrole nitrogens is 1. The summed E-state index contributed by atoms with van der Waals surface area (Å²) in [5.74, 6) is -0.381. The molecule has 2 aromatic heterocycles. The van der Waals surface area contributed by atoms with Crippen molar-refractivity contribution in [2.24, 2.45) is 0 Å². The second kappa shape index (κ2) is 3.75. The molecule has 0 spiro atoms. The molecule has 2 heterocycles. The SMILES string of the molecule is CCOc1nc2nc(C(F)(F)F)cc(=O)n2[nH]1. The van der Waals surface area contributed by atoms with Crippen molar-refractivity contribution in [3.05, 3.63) is 22.1 Å². The van der Waals surface area contributed by atoms with Crippen molar-refractivity contribution >= 4 is 5.78 Å². The summed E-state index contributed by atoms with van der Waals surface area (Å²) in [6.45, 7) is 1.94. The number of alkyl halides is 3. The molecule has 9 heteroatoms. The smallest absolute Gasteiger partial charge is 0.433 e. The summed E-state index contributed by atoms with van der Waals surface area (Å²) in [6.07, 6.45) is -4.68. The lowest BCUT2D eigenvalue weighted by atomic mass is 10.4. The van der Waals surface area contributed by atoms with Crippen molar-refractivity contribution in [3.63, 3.8) is 0 Å². The predicted molar refractivity (Wildman–Crippen MR) is 49.8 cm³/mol. The molecular weight excluding hydrogens is 241 g/mol. The molecule has 0 aromatic carbocycles. The van der Waals surface area contributed by atoms with E-state index in [0.717, 1.165) is 4.52 Å². The van der Waals surface area contributed by atoms with Crippen molar-refractivity contribution < 1.29 is 17.9 Å². The van der Waals surface area contributed by atoms with E-state index in [1.165, 1.54) is 0 Å². The van der Waals surface area contributed by atoms with Gasteiger partial charge >= 0.3 is 12.2 Å². The zero-order chi connectivity index (χ0) is 12.6. The standard InChI is InChI=1S/C8H7F3N4O2/c1-2-17-7-13-6-12-4(8(9,10)11)3-5(16)15(6)14-7/h3H,2H2,1H3,(H,12,13,14). The first kappa shape index (κ1) is 11.4. The summed E-state index contributed by atoms with van der Waals surface area (Å²) >= 11 is 0. The van der Waals surface area contributed by atoms with Crippen LogP contribution in [0, 0.1) is 0 Å². The Labute approximate surface area is 92.0 Å². The first-order valence-corrected chi connectivity index (χ1v) is 4.61. The average molecular weight is 248 g/mol. The van der Waals surface area contributed by atoms with Crippen LogP contribution in [0.2, 0.25) is 0 Å². The molecule has 2 aromatic rings. The zero-order valence-electron chi connectivity index (χ0n) is 8.58. The number of hydrogen-bond acceptors (Lipinski definition) is 4. The van der Waals surface area contributed by atoms with Gasteiger partial charge in [0.1, 0.15) is 0 Å². The number of halogens is 3. The Bertz CT molecular complexity index is 601. The van der Waals surface area contributed by atoms with E-state index in [1.807, 2.05) is 0 Å². The molecule has 0 atom stereocenters. The molecule has 0 bridgehead atoms. The van der Waals surface area contributed by atoms with Gasteiger partial charge in [-0.15, -0.1) is 0 Å². The first-order valence-electron chi connectivity index (χ1n) is 4.61. The van der Waals surface area contributed by atoms with Crippen LogP contribution in [-0.2, 0) is 6.18 Å². The van der Waals surface area contributed by atoms with Crippen molar-refractivity contribution in [2.45, 2.75) is 13.1 Å². The molecule has 0 radical (unpaired) electrons. The number of fused-ring (bicyclic) bond motifs is 1. The van der Waals surface area contributed by atoms with E-state index in [1.54, 1.807) is 6.92 Å². The van der Waals surface area contributed by atoms with Crippen LogP contribution >= 0.6 is 0 Å². The number of aromatic amines is 1. The summed E-state index contributed by atoms with van der Waals surface area (Å²) < 4.78 is 42.8. The Morgan fingerprint density at radius 1 is 1.47 bits per heavy atom. The summed E-state index contributed by atoms with van der Waals surface area (Å²) in [5.41, 5.74) is -2.18. The summed E-state index contributed by atoms with van der Waals surface area (Å²) in [4.78, 5) is 18.2. The molecule has 92 valence electrons. The largest absolute Gasteiger partial charge is 0.464 e. The van der Waals surface area contributed by atoms with E-state index < -0.39 is 17.4 Å². The number of ether oxygens (including phenoxy) is 1. The molecule has 1 N–H and O–H groups in total. The predicted octanol–water partition coefficient (Wildman–Crippen LogP) is 0.835. The minimum Gasteiger partial charge on any atom is -0.464 e.